The molecule has 1 N–H and O–H groups in total. The average Bonchev–Trinajstić information content (AvgIpc) is 3.00. The van der Waals surface area contributed by atoms with Crippen LogP contribution in [0.5, 0.6) is 0 Å². The van der Waals surface area contributed by atoms with Crippen molar-refractivity contribution in [3.05, 3.63) is 30.1 Å². The first-order chi connectivity index (χ1) is 10.2. The van der Waals surface area contributed by atoms with Gasteiger partial charge >= 0.3 is 0 Å². The van der Waals surface area contributed by atoms with Crippen LogP contribution in [0.25, 0.3) is 11.0 Å². The summed E-state index contributed by atoms with van der Waals surface area (Å²) < 4.78 is 2.26. The summed E-state index contributed by atoms with van der Waals surface area (Å²) in [4.78, 5) is 18.4. The molecule has 0 aliphatic carbocycles. The Labute approximate surface area is 125 Å². The number of rotatable bonds is 5. The van der Waals surface area contributed by atoms with E-state index in [9.17, 15) is 4.79 Å². The van der Waals surface area contributed by atoms with Crippen LogP contribution in [0.4, 0.5) is 0 Å². The number of carbonyl (C=O) groups is 1. The van der Waals surface area contributed by atoms with Crippen molar-refractivity contribution in [1.29, 1.82) is 0 Å². The number of nitrogens with zero attached hydrogens (tertiary/aromatic N) is 3. The van der Waals surface area contributed by atoms with Crippen molar-refractivity contribution < 1.29 is 4.79 Å². The number of hydrogen-bond donors (Lipinski definition) is 1. The molecule has 1 atom stereocenters. The molecule has 5 nitrogen and oxygen atoms in total. The van der Waals surface area contributed by atoms with E-state index in [1.165, 1.54) is 5.52 Å². The van der Waals surface area contributed by atoms with Crippen LogP contribution in [0.2, 0.25) is 0 Å². The number of likely N-dealkylation sites (tertiary alicyclic amines) is 1. The van der Waals surface area contributed by atoms with E-state index in [-0.39, 0.29) is 11.9 Å². The smallest absolute Gasteiger partial charge is 0.239 e. The van der Waals surface area contributed by atoms with Crippen molar-refractivity contribution in [2.24, 2.45) is 0 Å². The molecule has 1 amide bonds. The van der Waals surface area contributed by atoms with E-state index < -0.39 is 0 Å². The molecule has 1 saturated heterocycles. The first kappa shape index (κ1) is 14.1. The fourth-order valence-electron chi connectivity index (χ4n) is 2.96. The molecule has 1 aromatic carbocycles. The number of fused-ring (bicyclic) bond motifs is 1. The largest absolute Gasteiger partial charge is 0.344 e. The third-order valence-corrected chi connectivity index (χ3v) is 4.11. The third-order valence-electron chi connectivity index (χ3n) is 4.11. The van der Waals surface area contributed by atoms with Crippen molar-refractivity contribution in [2.75, 3.05) is 13.6 Å². The molecule has 0 bridgehead atoms. The average molecular weight is 286 g/mol. The van der Waals surface area contributed by atoms with Crippen LogP contribution in [0.3, 0.4) is 0 Å². The lowest BCUT2D eigenvalue weighted by atomic mass is 10.2. The molecular formula is C16H22N4O. The lowest BCUT2D eigenvalue weighted by Gasteiger charge is -2.13. The van der Waals surface area contributed by atoms with Gasteiger partial charge in [-0.15, -0.1) is 0 Å². The van der Waals surface area contributed by atoms with Gasteiger partial charge in [-0.1, -0.05) is 19.1 Å². The van der Waals surface area contributed by atoms with Gasteiger partial charge in [0.1, 0.15) is 5.82 Å². The minimum absolute atomic E-state index is 0.0649. The summed E-state index contributed by atoms with van der Waals surface area (Å²) in [5.41, 5.74) is 2.20. The molecule has 1 aliphatic rings. The maximum atomic E-state index is 11.9. The summed E-state index contributed by atoms with van der Waals surface area (Å²) in [5.74, 6) is 1.20. The molecule has 1 unspecified atom stereocenters. The topological polar surface area (TPSA) is 50.2 Å². The van der Waals surface area contributed by atoms with Gasteiger partial charge in [0.25, 0.3) is 0 Å². The van der Waals surface area contributed by atoms with Crippen LogP contribution in [0.15, 0.2) is 24.3 Å². The monoisotopic (exact) mass is 286 g/mol. The number of nitrogens with one attached hydrogen (secondary N) is 1. The number of carbonyl (C=O) groups excluding carboxylic acids is 1. The highest BCUT2D eigenvalue weighted by Crippen LogP contribution is 2.17. The number of amides is 1. The molecule has 21 heavy (non-hydrogen) atoms. The molecule has 1 fully saturated rings. The van der Waals surface area contributed by atoms with Crippen LogP contribution < -0.4 is 5.32 Å². The Balaban J connectivity index is 1.80. The first-order valence-corrected chi connectivity index (χ1v) is 7.63. The molecule has 1 aliphatic heterocycles. The number of benzene rings is 1. The third kappa shape index (κ3) is 2.65. The Bertz CT molecular complexity index is 649. The Morgan fingerprint density at radius 2 is 2.19 bits per heavy atom. The molecule has 0 saturated carbocycles. The highest BCUT2D eigenvalue weighted by atomic mass is 16.2. The van der Waals surface area contributed by atoms with Gasteiger partial charge in [-0.3, -0.25) is 10.1 Å². The number of para-hydroxylation sites is 2. The number of hydrogen-bond acceptors (Lipinski definition) is 3. The minimum Gasteiger partial charge on any atom is -0.344 e. The number of imidazole rings is 1. The fourth-order valence-corrected chi connectivity index (χ4v) is 2.96. The van der Waals surface area contributed by atoms with Gasteiger partial charge in [-0.05, 0) is 25.0 Å². The van der Waals surface area contributed by atoms with E-state index in [0.717, 1.165) is 37.3 Å². The van der Waals surface area contributed by atoms with Crippen LogP contribution in [-0.4, -0.2) is 40.0 Å². The predicted molar refractivity (Wildman–Crippen MR) is 82.9 cm³/mol. The predicted octanol–water partition coefficient (Wildman–Crippen LogP) is 1.77. The second-order valence-corrected chi connectivity index (χ2v) is 5.65. The second kappa shape index (κ2) is 5.85. The standard InChI is InChI=1S/C16H22N4O/c1-3-9-20-14-7-5-4-6-12(14)18-15(20)11-17-13-8-10-19(2)16(13)21/h4-7,13,17H,3,8-11H2,1-2H3. The van der Waals surface area contributed by atoms with Gasteiger partial charge < -0.3 is 9.47 Å². The first-order valence-electron chi connectivity index (χ1n) is 7.63. The summed E-state index contributed by atoms with van der Waals surface area (Å²) in [6.45, 7) is 4.60. The number of aromatic nitrogens is 2. The maximum Gasteiger partial charge on any atom is 0.239 e. The molecule has 0 spiro atoms. The molecule has 0 radical (unpaired) electrons. The maximum absolute atomic E-state index is 11.9. The molecule has 1 aromatic heterocycles. The molecule has 3 rings (SSSR count). The Hall–Kier alpha value is -1.88. The van der Waals surface area contributed by atoms with Crippen LogP contribution in [0.1, 0.15) is 25.6 Å². The zero-order valence-electron chi connectivity index (χ0n) is 12.7. The van der Waals surface area contributed by atoms with Gasteiger partial charge in [-0.2, -0.15) is 0 Å². The Kier molecular flexibility index (Phi) is 3.92. The van der Waals surface area contributed by atoms with Gasteiger partial charge in [0, 0.05) is 20.1 Å². The molecule has 2 aromatic rings. The van der Waals surface area contributed by atoms with Crippen LogP contribution in [0, 0.1) is 0 Å². The highest BCUT2D eigenvalue weighted by Gasteiger charge is 2.28. The second-order valence-electron chi connectivity index (χ2n) is 5.65. The van der Waals surface area contributed by atoms with Gasteiger partial charge in [0.05, 0.1) is 23.6 Å². The summed E-state index contributed by atoms with van der Waals surface area (Å²) >= 11 is 0. The zero-order valence-corrected chi connectivity index (χ0v) is 12.7. The lowest BCUT2D eigenvalue weighted by molar-refractivity contribution is -0.128. The number of aryl methyl sites for hydroxylation is 1. The van der Waals surface area contributed by atoms with E-state index >= 15 is 0 Å². The van der Waals surface area contributed by atoms with Crippen LogP contribution in [-0.2, 0) is 17.9 Å². The van der Waals surface area contributed by atoms with Gasteiger partial charge in [-0.25, -0.2) is 4.98 Å². The summed E-state index contributed by atoms with van der Waals surface area (Å²) in [6, 6.07) is 8.14. The highest BCUT2D eigenvalue weighted by molar-refractivity contribution is 5.83. The van der Waals surface area contributed by atoms with E-state index in [1.807, 2.05) is 25.2 Å². The van der Waals surface area contributed by atoms with Crippen molar-refractivity contribution in [1.82, 2.24) is 19.8 Å². The van der Waals surface area contributed by atoms with Crippen molar-refractivity contribution in [3.63, 3.8) is 0 Å². The Morgan fingerprint density at radius 3 is 2.90 bits per heavy atom. The zero-order chi connectivity index (χ0) is 14.8. The van der Waals surface area contributed by atoms with E-state index in [2.05, 4.69) is 22.9 Å². The number of likely N-dealkylation sites (N-methyl/N-ethyl adjacent to an activating group) is 1. The Morgan fingerprint density at radius 1 is 1.38 bits per heavy atom. The van der Waals surface area contributed by atoms with Gasteiger partial charge in [0.15, 0.2) is 0 Å². The van der Waals surface area contributed by atoms with Crippen molar-refractivity contribution in [2.45, 2.75) is 38.9 Å². The molecule has 5 heteroatoms. The fraction of sp³-hybridized carbons (Fsp3) is 0.500. The summed E-state index contributed by atoms with van der Waals surface area (Å²) in [7, 11) is 1.86. The SMILES string of the molecule is CCCn1c(CNC2CCN(C)C2=O)nc2ccccc21. The quantitative estimate of drug-likeness (QED) is 0.911. The van der Waals surface area contributed by atoms with Gasteiger partial charge in [0.2, 0.25) is 5.91 Å². The lowest BCUT2D eigenvalue weighted by Crippen LogP contribution is -2.37. The molecule has 2 heterocycles. The normalized spacial score (nSPS) is 18.9. The van der Waals surface area contributed by atoms with E-state index in [1.54, 1.807) is 4.90 Å². The van der Waals surface area contributed by atoms with E-state index in [4.69, 9.17) is 4.98 Å². The molecular weight excluding hydrogens is 264 g/mol. The minimum atomic E-state index is -0.0649. The summed E-state index contributed by atoms with van der Waals surface area (Å²) in [5, 5.41) is 3.36. The molecule has 112 valence electrons. The summed E-state index contributed by atoms with van der Waals surface area (Å²) in [6.07, 6.45) is 1.95. The van der Waals surface area contributed by atoms with Crippen molar-refractivity contribution >= 4 is 16.9 Å². The van der Waals surface area contributed by atoms with Crippen molar-refractivity contribution in [3.8, 4) is 0 Å². The van der Waals surface area contributed by atoms with Crippen LogP contribution >= 0.6 is 0 Å². The van der Waals surface area contributed by atoms with E-state index in [0.29, 0.717) is 6.54 Å².